The van der Waals surface area contributed by atoms with Gasteiger partial charge in [-0.05, 0) is 43.9 Å². The van der Waals surface area contributed by atoms with Crippen molar-refractivity contribution in [1.82, 2.24) is 9.88 Å². The molecule has 1 aliphatic heterocycles. The standard InChI is InChI=1S/C16H19ClN2O/c1-2-12-5-3-4-8-19(12)16(20)14-10-18-15-7-6-11(17)9-13(14)15/h6-7,9-10,12,18H,2-5,8H2,1H3. The van der Waals surface area contributed by atoms with Crippen molar-refractivity contribution in [3.8, 4) is 0 Å². The molecule has 1 N–H and O–H groups in total. The first kappa shape index (κ1) is 13.5. The minimum absolute atomic E-state index is 0.130. The van der Waals surface area contributed by atoms with Crippen LogP contribution in [0.2, 0.25) is 5.02 Å². The van der Waals surface area contributed by atoms with Crippen LogP contribution in [0.15, 0.2) is 24.4 Å². The smallest absolute Gasteiger partial charge is 0.256 e. The molecule has 1 saturated heterocycles. The lowest BCUT2D eigenvalue weighted by Gasteiger charge is -2.35. The summed E-state index contributed by atoms with van der Waals surface area (Å²) in [6.07, 6.45) is 6.28. The number of carbonyl (C=O) groups excluding carboxylic acids is 1. The fraction of sp³-hybridized carbons (Fsp3) is 0.438. The number of piperidine rings is 1. The number of benzene rings is 1. The number of H-pyrrole nitrogens is 1. The van der Waals surface area contributed by atoms with E-state index < -0.39 is 0 Å². The topological polar surface area (TPSA) is 36.1 Å². The first-order chi connectivity index (χ1) is 9.70. The van der Waals surface area contributed by atoms with Crippen LogP contribution in [0.4, 0.5) is 0 Å². The van der Waals surface area contributed by atoms with Gasteiger partial charge in [0.25, 0.3) is 5.91 Å². The summed E-state index contributed by atoms with van der Waals surface area (Å²) in [6.45, 7) is 3.02. The number of fused-ring (bicyclic) bond motifs is 1. The third kappa shape index (κ3) is 2.31. The maximum absolute atomic E-state index is 12.8. The molecule has 3 nitrogen and oxygen atoms in total. The SMILES string of the molecule is CCC1CCCCN1C(=O)c1c[nH]c2ccc(Cl)cc12. The quantitative estimate of drug-likeness (QED) is 0.883. The first-order valence-corrected chi connectivity index (χ1v) is 7.66. The lowest BCUT2D eigenvalue weighted by molar-refractivity contribution is 0.0610. The zero-order valence-corrected chi connectivity index (χ0v) is 12.4. The Balaban J connectivity index is 1.97. The number of aromatic amines is 1. The van der Waals surface area contributed by atoms with Gasteiger partial charge >= 0.3 is 0 Å². The molecule has 2 heterocycles. The number of amides is 1. The zero-order chi connectivity index (χ0) is 14.1. The van der Waals surface area contributed by atoms with Crippen LogP contribution in [0.1, 0.15) is 43.0 Å². The third-order valence-corrected chi connectivity index (χ3v) is 4.47. The van der Waals surface area contributed by atoms with Gasteiger partial charge in [-0.1, -0.05) is 18.5 Å². The van der Waals surface area contributed by atoms with Crippen molar-refractivity contribution in [1.29, 1.82) is 0 Å². The van der Waals surface area contributed by atoms with Crippen molar-refractivity contribution >= 4 is 28.4 Å². The molecule has 20 heavy (non-hydrogen) atoms. The Kier molecular flexibility index (Phi) is 3.70. The van der Waals surface area contributed by atoms with E-state index in [2.05, 4.69) is 11.9 Å². The highest BCUT2D eigenvalue weighted by atomic mass is 35.5. The van der Waals surface area contributed by atoms with Gasteiger partial charge in [-0.3, -0.25) is 4.79 Å². The molecule has 4 heteroatoms. The van der Waals surface area contributed by atoms with Crippen LogP contribution in [0.5, 0.6) is 0 Å². The maximum atomic E-state index is 12.8. The monoisotopic (exact) mass is 290 g/mol. The molecule has 0 aliphatic carbocycles. The molecule has 1 aromatic carbocycles. The molecule has 0 saturated carbocycles. The number of aromatic nitrogens is 1. The highest BCUT2D eigenvalue weighted by Gasteiger charge is 2.27. The highest BCUT2D eigenvalue weighted by molar-refractivity contribution is 6.31. The summed E-state index contributed by atoms with van der Waals surface area (Å²) in [5.41, 5.74) is 1.70. The molecule has 1 fully saturated rings. The summed E-state index contributed by atoms with van der Waals surface area (Å²) < 4.78 is 0. The van der Waals surface area contributed by atoms with Crippen molar-refractivity contribution in [3.63, 3.8) is 0 Å². The van der Waals surface area contributed by atoms with E-state index in [1.54, 1.807) is 0 Å². The van der Waals surface area contributed by atoms with Gasteiger partial charge in [0, 0.05) is 34.7 Å². The van der Waals surface area contributed by atoms with E-state index in [0.717, 1.165) is 42.3 Å². The van der Waals surface area contributed by atoms with Gasteiger partial charge in [0.1, 0.15) is 0 Å². The molecule has 0 bridgehead atoms. The van der Waals surface area contributed by atoms with Crippen LogP contribution in [0.3, 0.4) is 0 Å². The van der Waals surface area contributed by atoms with Crippen molar-refractivity contribution in [2.75, 3.05) is 6.54 Å². The number of nitrogens with one attached hydrogen (secondary N) is 1. The summed E-state index contributed by atoms with van der Waals surface area (Å²) in [7, 11) is 0. The maximum Gasteiger partial charge on any atom is 0.256 e. The molecule has 1 aromatic heterocycles. The summed E-state index contributed by atoms with van der Waals surface area (Å²) >= 11 is 6.06. The number of nitrogens with zero attached hydrogens (tertiary/aromatic N) is 1. The lowest BCUT2D eigenvalue weighted by atomic mass is 9.99. The molecule has 0 spiro atoms. The average Bonchev–Trinajstić information content (AvgIpc) is 2.89. The Morgan fingerprint density at radius 3 is 3.10 bits per heavy atom. The second kappa shape index (κ2) is 5.49. The van der Waals surface area contributed by atoms with E-state index >= 15 is 0 Å². The molecule has 1 aliphatic rings. The molecular formula is C16H19ClN2O. The Bertz CT molecular complexity index is 634. The summed E-state index contributed by atoms with van der Waals surface area (Å²) in [4.78, 5) is 18.0. The minimum Gasteiger partial charge on any atom is -0.360 e. The van der Waals surface area contributed by atoms with Crippen LogP contribution in [0.25, 0.3) is 10.9 Å². The first-order valence-electron chi connectivity index (χ1n) is 7.28. The van der Waals surface area contributed by atoms with Gasteiger partial charge in [-0.15, -0.1) is 0 Å². The van der Waals surface area contributed by atoms with Gasteiger partial charge in [0.2, 0.25) is 0 Å². The molecule has 2 aromatic rings. The fourth-order valence-corrected chi connectivity index (χ4v) is 3.29. The lowest BCUT2D eigenvalue weighted by Crippen LogP contribution is -2.43. The van der Waals surface area contributed by atoms with Gasteiger partial charge in [0.05, 0.1) is 5.56 Å². The van der Waals surface area contributed by atoms with E-state index in [0.29, 0.717) is 11.1 Å². The number of likely N-dealkylation sites (tertiary alicyclic amines) is 1. The second-order valence-corrected chi connectivity index (χ2v) is 5.89. The molecule has 1 amide bonds. The predicted molar refractivity (Wildman–Crippen MR) is 82.3 cm³/mol. The van der Waals surface area contributed by atoms with Crippen LogP contribution in [0, 0.1) is 0 Å². The molecular weight excluding hydrogens is 272 g/mol. The average molecular weight is 291 g/mol. The predicted octanol–water partition coefficient (Wildman–Crippen LogP) is 4.23. The van der Waals surface area contributed by atoms with Gasteiger partial charge in [0.15, 0.2) is 0 Å². The van der Waals surface area contributed by atoms with Gasteiger partial charge in [-0.25, -0.2) is 0 Å². The van der Waals surface area contributed by atoms with Gasteiger partial charge < -0.3 is 9.88 Å². The van der Waals surface area contributed by atoms with E-state index in [1.807, 2.05) is 29.3 Å². The number of carbonyl (C=O) groups is 1. The third-order valence-electron chi connectivity index (χ3n) is 4.23. The fourth-order valence-electron chi connectivity index (χ4n) is 3.12. The van der Waals surface area contributed by atoms with Crippen LogP contribution < -0.4 is 0 Å². The summed E-state index contributed by atoms with van der Waals surface area (Å²) in [5.74, 6) is 0.130. The Morgan fingerprint density at radius 1 is 1.45 bits per heavy atom. The number of hydrogen-bond donors (Lipinski definition) is 1. The molecule has 0 radical (unpaired) electrons. The second-order valence-electron chi connectivity index (χ2n) is 5.45. The van der Waals surface area contributed by atoms with Crippen molar-refractivity contribution in [2.45, 2.75) is 38.6 Å². The highest BCUT2D eigenvalue weighted by Crippen LogP contribution is 2.27. The number of halogens is 1. The number of hydrogen-bond acceptors (Lipinski definition) is 1. The van der Waals surface area contributed by atoms with E-state index in [-0.39, 0.29) is 5.91 Å². The molecule has 3 rings (SSSR count). The van der Waals surface area contributed by atoms with E-state index in [4.69, 9.17) is 11.6 Å². The Hall–Kier alpha value is -1.48. The van der Waals surface area contributed by atoms with Crippen molar-refractivity contribution in [2.24, 2.45) is 0 Å². The largest absolute Gasteiger partial charge is 0.360 e. The van der Waals surface area contributed by atoms with Crippen molar-refractivity contribution in [3.05, 3.63) is 35.0 Å². The van der Waals surface area contributed by atoms with Crippen molar-refractivity contribution < 1.29 is 4.79 Å². The van der Waals surface area contributed by atoms with Crippen LogP contribution in [-0.2, 0) is 0 Å². The zero-order valence-electron chi connectivity index (χ0n) is 11.7. The van der Waals surface area contributed by atoms with Crippen LogP contribution >= 0.6 is 11.6 Å². The molecule has 106 valence electrons. The van der Waals surface area contributed by atoms with Crippen LogP contribution in [-0.4, -0.2) is 28.4 Å². The molecule has 1 unspecified atom stereocenters. The molecule has 1 atom stereocenters. The summed E-state index contributed by atoms with van der Waals surface area (Å²) in [5, 5.41) is 1.58. The Labute approximate surface area is 123 Å². The minimum atomic E-state index is 0.130. The number of rotatable bonds is 2. The van der Waals surface area contributed by atoms with Gasteiger partial charge in [-0.2, -0.15) is 0 Å². The normalized spacial score (nSPS) is 19.5. The van der Waals surface area contributed by atoms with E-state index in [1.165, 1.54) is 6.42 Å². The summed E-state index contributed by atoms with van der Waals surface area (Å²) in [6, 6.07) is 6.00. The van der Waals surface area contributed by atoms with E-state index in [9.17, 15) is 4.79 Å². The Morgan fingerprint density at radius 2 is 2.30 bits per heavy atom.